The molecule has 0 amide bonds. The van der Waals surface area contributed by atoms with E-state index >= 15 is 0 Å². The number of rotatable bonds is 1. The Balaban J connectivity index is 1.75. The van der Waals surface area contributed by atoms with Crippen LogP contribution >= 0.6 is 11.6 Å². The van der Waals surface area contributed by atoms with Crippen molar-refractivity contribution in [1.82, 2.24) is 5.32 Å². The lowest BCUT2D eigenvalue weighted by molar-refractivity contribution is 0.217. The van der Waals surface area contributed by atoms with Gasteiger partial charge in [-0.2, -0.15) is 0 Å². The van der Waals surface area contributed by atoms with Crippen LogP contribution in [-0.2, 0) is 6.42 Å². The Hall–Kier alpha value is -1.31. The summed E-state index contributed by atoms with van der Waals surface area (Å²) in [5.41, 5.74) is 4.16. The topological polar surface area (TPSA) is 12.0 Å². The monoisotopic (exact) mass is 297 g/mol. The SMILES string of the molecule is ClC1c2ccccc2C[C@@H]2CC[C@H]1N[C@H]2c1ccccc1. The van der Waals surface area contributed by atoms with Gasteiger partial charge in [-0.25, -0.2) is 0 Å². The lowest BCUT2D eigenvalue weighted by Gasteiger charge is -2.43. The minimum Gasteiger partial charge on any atom is -0.305 e. The van der Waals surface area contributed by atoms with E-state index in [0.29, 0.717) is 18.0 Å². The van der Waals surface area contributed by atoms with Crippen molar-refractivity contribution in [1.29, 1.82) is 0 Å². The summed E-state index contributed by atoms with van der Waals surface area (Å²) >= 11 is 6.81. The first kappa shape index (κ1) is 13.4. The second-order valence-corrected chi connectivity index (χ2v) is 6.77. The molecule has 0 spiro atoms. The number of alkyl halides is 1. The van der Waals surface area contributed by atoms with Gasteiger partial charge in [0.05, 0.1) is 5.38 Å². The Morgan fingerprint density at radius 3 is 2.52 bits per heavy atom. The molecule has 1 saturated heterocycles. The minimum atomic E-state index is 0.0775. The van der Waals surface area contributed by atoms with Crippen LogP contribution in [0.25, 0.3) is 0 Å². The second-order valence-electron chi connectivity index (χ2n) is 6.30. The fourth-order valence-electron chi connectivity index (χ4n) is 3.98. The first-order chi connectivity index (χ1) is 10.3. The highest BCUT2D eigenvalue weighted by molar-refractivity contribution is 6.21. The Labute approximate surface area is 131 Å². The molecular formula is C19H20ClN. The molecule has 2 aromatic rings. The van der Waals surface area contributed by atoms with E-state index in [1.807, 2.05) is 0 Å². The van der Waals surface area contributed by atoms with E-state index in [4.69, 9.17) is 11.6 Å². The molecule has 0 radical (unpaired) electrons. The Morgan fingerprint density at radius 2 is 1.67 bits per heavy atom. The molecule has 1 aliphatic carbocycles. The molecule has 2 heterocycles. The number of nitrogens with one attached hydrogen (secondary N) is 1. The molecule has 0 saturated carbocycles. The lowest BCUT2D eigenvalue weighted by Crippen LogP contribution is -2.46. The smallest absolute Gasteiger partial charge is 0.0741 e. The van der Waals surface area contributed by atoms with E-state index < -0.39 is 0 Å². The fourth-order valence-corrected chi connectivity index (χ4v) is 4.39. The van der Waals surface area contributed by atoms with E-state index in [0.717, 1.165) is 6.42 Å². The maximum absolute atomic E-state index is 6.81. The number of hydrogen-bond donors (Lipinski definition) is 1. The van der Waals surface area contributed by atoms with Gasteiger partial charge in [0.2, 0.25) is 0 Å². The Kier molecular flexibility index (Phi) is 3.48. The van der Waals surface area contributed by atoms with Gasteiger partial charge in [0.15, 0.2) is 0 Å². The molecule has 5 rings (SSSR count). The summed E-state index contributed by atoms with van der Waals surface area (Å²) < 4.78 is 0. The minimum absolute atomic E-state index is 0.0775. The van der Waals surface area contributed by atoms with Gasteiger partial charge in [-0.1, -0.05) is 54.6 Å². The van der Waals surface area contributed by atoms with Crippen molar-refractivity contribution in [2.75, 3.05) is 0 Å². The molecule has 1 fully saturated rings. The lowest BCUT2D eigenvalue weighted by atomic mass is 9.75. The van der Waals surface area contributed by atoms with Gasteiger partial charge in [-0.15, -0.1) is 11.6 Å². The first-order valence-corrected chi connectivity index (χ1v) is 8.29. The molecule has 2 aliphatic heterocycles. The van der Waals surface area contributed by atoms with Crippen molar-refractivity contribution < 1.29 is 0 Å². The normalized spacial score (nSPS) is 31.3. The molecule has 0 aromatic heterocycles. The zero-order valence-electron chi connectivity index (χ0n) is 12.0. The summed E-state index contributed by atoms with van der Waals surface area (Å²) in [6.07, 6.45) is 3.56. The van der Waals surface area contributed by atoms with Crippen LogP contribution in [0, 0.1) is 5.92 Å². The summed E-state index contributed by atoms with van der Waals surface area (Å²) in [5, 5.41) is 3.91. The van der Waals surface area contributed by atoms with Crippen molar-refractivity contribution in [2.45, 2.75) is 36.7 Å². The molecule has 2 bridgehead atoms. The molecule has 1 unspecified atom stereocenters. The van der Waals surface area contributed by atoms with Crippen molar-refractivity contribution >= 4 is 11.6 Å². The molecule has 2 heteroatoms. The summed E-state index contributed by atoms with van der Waals surface area (Å²) in [6, 6.07) is 20.3. The number of benzene rings is 2. The van der Waals surface area contributed by atoms with Crippen LogP contribution in [0.3, 0.4) is 0 Å². The number of halogens is 1. The van der Waals surface area contributed by atoms with Crippen LogP contribution in [0.5, 0.6) is 0 Å². The third kappa shape index (κ3) is 2.39. The van der Waals surface area contributed by atoms with E-state index in [9.17, 15) is 0 Å². The van der Waals surface area contributed by atoms with Crippen molar-refractivity contribution in [3.05, 3.63) is 71.3 Å². The average Bonchev–Trinajstić information content (AvgIpc) is 2.54. The molecule has 1 nitrogen and oxygen atoms in total. The summed E-state index contributed by atoms with van der Waals surface area (Å²) in [7, 11) is 0. The summed E-state index contributed by atoms with van der Waals surface area (Å²) in [5.74, 6) is 0.661. The van der Waals surface area contributed by atoms with Gasteiger partial charge in [0, 0.05) is 12.1 Å². The number of fused-ring (bicyclic) bond motifs is 2. The third-order valence-electron chi connectivity index (χ3n) is 5.06. The molecule has 1 N–H and O–H groups in total. The molecule has 3 aliphatic rings. The highest BCUT2D eigenvalue weighted by Crippen LogP contribution is 2.43. The van der Waals surface area contributed by atoms with Gasteiger partial charge >= 0.3 is 0 Å². The maximum atomic E-state index is 6.81. The zero-order valence-corrected chi connectivity index (χ0v) is 12.8. The van der Waals surface area contributed by atoms with Crippen LogP contribution in [0.2, 0.25) is 0 Å². The van der Waals surface area contributed by atoms with Crippen LogP contribution in [0.4, 0.5) is 0 Å². The van der Waals surface area contributed by atoms with E-state index in [2.05, 4.69) is 59.9 Å². The zero-order chi connectivity index (χ0) is 14.2. The van der Waals surface area contributed by atoms with Crippen LogP contribution in [0.1, 0.15) is 41.0 Å². The maximum Gasteiger partial charge on any atom is 0.0741 e. The van der Waals surface area contributed by atoms with Crippen LogP contribution < -0.4 is 5.32 Å². The summed E-state index contributed by atoms with van der Waals surface area (Å²) in [4.78, 5) is 0. The molecular weight excluding hydrogens is 278 g/mol. The largest absolute Gasteiger partial charge is 0.305 e. The average molecular weight is 298 g/mol. The predicted octanol–water partition coefficient (Wildman–Crippen LogP) is 4.63. The van der Waals surface area contributed by atoms with Crippen molar-refractivity contribution in [3.63, 3.8) is 0 Å². The highest BCUT2D eigenvalue weighted by Gasteiger charge is 2.37. The van der Waals surface area contributed by atoms with Crippen molar-refractivity contribution in [2.24, 2.45) is 5.92 Å². The Bertz CT molecular complexity index is 624. The number of piperidine rings is 1. The highest BCUT2D eigenvalue weighted by atomic mass is 35.5. The quantitative estimate of drug-likeness (QED) is 0.757. The van der Waals surface area contributed by atoms with Crippen molar-refractivity contribution in [3.8, 4) is 0 Å². The van der Waals surface area contributed by atoms with Gasteiger partial charge in [0.1, 0.15) is 0 Å². The van der Waals surface area contributed by atoms with Gasteiger partial charge in [-0.3, -0.25) is 0 Å². The van der Waals surface area contributed by atoms with Gasteiger partial charge < -0.3 is 5.32 Å². The molecule has 4 atom stereocenters. The fraction of sp³-hybridized carbons (Fsp3) is 0.368. The predicted molar refractivity (Wildman–Crippen MR) is 87.6 cm³/mol. The summed E-state index contributed by atoms with van der Waals surface area (Å²) in [6.45, 7) is 0. The number of hydrogen-bond acceptors (Lipinski definition) is 1. The van der Waals surface area contributed by atoms with Gasteiger partial charge in [0.25, 0.3) is 0 Å². The molecule has 2 aromatic carbocycles. The standard InChI is InChI=1S/C19H20ClN/c20-18-16-9-5-4-8-14(16)12-15-10-11-17(18)21-19(15)13-6-2-1-3-7-13/h1-9,15,17-19,21H,10-12H2/t15-,17+,18?,19-/m0/s1. The Morgan fingerprint density at radius 1 is 0.905 bits per heavy atom. The second kappa shape index (κ2) is 5.47. The van der Waals surface area contributed by atoms with Crippen LogP contribution in [-0.4, -0.2) is 6.04 Å². The molecule has 108 valence electrons. The first-order valence-electron chi connectivity index (χ1n) is 7.86. The van der Waals surface area contributed by atoms with Crippen LogP contribution in [0.15, 0.2) is 54.6 Å². The molecule has 21 heavy (non-hydrogen) atoms. The third-order valence-corrected chi connectivity index (χ3v) is 5.60. The van der Waals surface area contributed by atoms with Gasteiger partial charge in [-0.05, 0) is 41.9 Å². The van der Waals surface area contributed by atoms with E-state index in [1.54, 1.807) is 0 Å². The van der Waals surface area contributed by atoms with E-state index in [-0.39, 0.29) is 5.38 Å². The van der Waals surface area contributed by atoms with E-state index in [1.165, 1.54) is 29.5 Å².